The van der Waals surface area contributed by atoms with Crippen molar-refractivity contribution in [3.8, 4) is 22.7 Å². The monoisotopic (exact) mass is 523 g/mol. The molecule has 1 fully saturated rings. The molecule has 0 spiro atoms. The summed E-state index contributed by atoms with van der Waals surface area (Å²) in [5.74, 6) is 1.22. The number of nitrogens with zero attached hydrogens (tertiary/aromatic N) is 3. The van der Waals surface area contributed by atoms with Crippen LogP contribution in [-0.4, -0.2) is 50.6 Å². The summed E-state index contributed by atoms with van der Waals surface area (Å²) < 4.78 is 13.3. The number of hydrogen-bond acceptors (Lipinski definition) is 7. The lowest BCUT2D eigenvalue weighted by molar-refractivity contribution is 0.0698. The van der Waals surface area contributed by atoms with Crippen LogP contribution in [0.15, 0.2) is 40.9 Å². The molecule has 1 saturated carbocycles. The number of carbonyl (C=O) groups excluding carboxylic acids is 1. The average molecular weight is 524 g/mol. The van der Waals surface area contributed by atoms with Crippen LogP contribution in [0, 0.1) is 5.92 Å². The Morgan fingerprint density at radius 3 is 2.61 bits per heavy atom. The first-order chi connectivity index (χ1) is 18.3. The molecule has 1 aliphatic rings. The molecule has 2 aromatic heterocycles. The maximum absolute atomic E-state index is 13.2. The number of amides is 1. The van der Waals surface area contributed by atoms with Gasteiger partial charge in [-0.3, -0.25) is 14.8 Å². The first-order valence-corrected chi connectivity index (χ1v) is 13.8. The number of aliphatic hydroxyl groups excluding tert-OH is 1. The summed E-state index contributed by atoms with van der Waals surface area (Å²) in [6.45, 7) is 11.1. The van der Waals surface area contributed by atoms with Crippen molar-refractivity contribution in [1.29, 1.82) is 0 Å². The Kier molecular flexibility index (Phi) is 9.35. The van der Waals surface area contributed by atoms with Gasteiger partial charge in [-0.1, -0.05) is 26.0 Å². The van der Waals surface area contributed by atoms with Gasteiger partial charge < -0.3 is 19.6 Å². The molecule has 3 aromatic rings. The van der Waals surface area contributed by atoms with E-state index in [4.69, 9.17) is 14.3 Å². The van der Waals surface area contributed by atoms with E-state index in [-0.39, 0.29) is 24.1 Å². The molecular weight excluding hydrogens is 482 g/mol. The number of benzene rings is 1. The zero-order valence-corrected chi connectivity index (χ0v) is 23.1. The fraction of sp³-hybridized carbons (Fsp3) is 0.552. The molecule has 4 rings (SSSR count). The summed E-state index contributed by atoms with van der Waals surface area (Å²) in [7, 11) is 0. The van der Waals surface area contributed by atoms with Crippen LogP contribution >= 0.6 is 0 Å². The topological polar surface area (TPSA) is 114 Å². The van der Waals surface area contributed by atoms with Crippen LogP contribution in [0.1, 0.15) is 82.8 Å². The van der Waals surface area contributed by atoms with Crippen molar-refractivity contribution in [2.24, 2.45) is 5.92 Å². The highest BCUT2D eigenvalue weighted by molar-refractivity contribution is 5.94. The summed E-state index contributed by atoms with van der Waals surface area (Å²) in [5.41, 5.74) is 2.79. The molecule has 9 nitrogen and oxygen atoms in total. The molecular formula is C29H41N5O4. The SMILES string of the molecule is CCC(CC)NC(O)c1cnc(-c2cccc(-c3cc(C(=O)N[C@@H](C)C4CC4)n(CCOC(C)C)n3)c2)o1. The molecule has 0 bridgehead atoms. The van der Waals surface area contributed by atoms with E-state index in [1.807, 2.05) is 44.2 Å². The van der Waals surface area contributed by atoms with E-state index in [9.17, 15) is 9.90 Å². The van der Waals surface area contributed by atoms with Crippen molar-refractivity contribution in [3.63, 3.8) is 0 Å². The van der Waals surface area contributed by atoms with E-state index >= 15 is 0 Å². The number of ether oxygens (including phenoxy) is 1. The van der Waals surface area contributed by atoms with Crippen LogP contribution < -0.4 is 10.6 Å². The second kappa shape index (κ2) is 12.7. The predicted octanol–water partition coefficient (Wildman–Crippen LogP) is 4.93. The Hall–Kier alpha value is -3.01. The van der Waals surface area contributed by atoms with Crippen molar-refractivity contribution in [3.05, 3.63) is 48.0 Å². The van der Waals surface area contributed by atoms with Gasteiger partial charge in [0.2, 0.25) is 5.89 Å². The zero-order valence-electron chi connectivity index (χ0n) is 23.1. The third-order valence-electron chi connectivity index (χ3n) is 7.03. The van der Waals surface area contributed by atoms with E-state index in [0.29, 0.717) is 42.1 Å². The maximum atomic E-state index is 13.2. The van der Waals surface area contributed by atoms with Crippen LogP contribution in [0.25, 0.3) is 22.7 Å². The van der Waals surface area contributed by atoms with Gasteiger partial charge in [-0.2, -0.15) is 5.10 Å². The predicted molar refractivity (Wildman–Crippen MR) is 146 cm³/mol. The highest BCUT2D eigenvalue weighted by Gasteiger charge is 2.30. The molecule has 9 heteroatoms. The van der Waals surface area contributed by atoms with Crippen LogP contribution in [-0.2, 0) is 11.3 Å². The number of carbonyl (C=O) groups is 1. The van der Waals surface area contributed by atoms with Gasteiger partial charge in [0, 0.05) is 23.2 Å². The summed E-state index contributed by atoms with van der Waals surface area (Å²) in [6.07, 6.45) is 4.87. The Balaban J connectivity index is 1.55. The van der Waals surface area contributed by atoms with Gasteiger partial charge >= 0.3 is 0 Å². The first-order valence-electron chi connectivity index (χ1n) is 13.8. The molecule has 38 heavy (non-hydrogen) atoms. The molecule has 1 aromatic carbocycles. The van der Waals surface area contributed by atoms with E-state index < -0.39 is 6.23 Å². The lowest BCUT2D eigenvalue weighted by Gasteiger charge is -2.18. The van der Waals surface area contributed by atoms with Crippen molar-refractivity contribution >= 4 is 5.91 Å². The molecule has 2 atom stereocenters. The maximum Gasteiger partial charge on any atom is 0.269 e. The normalized spacial score (nSPS) is 15.3. The molecule has 1 aliphatic carbocycles. The second-order valence-electron chi connectivity index (χ2n) is 10.4. The van der Waals surface area contributed by atoms with Gasteiger partial charge in [0.05, 0.1) is 31.1 Å². The molecule has 1 unspecified atom stereocenters. The van der Waals surface area contributed by atoms with Gasteiger partial charge in [0.15, 0.2) is 12.0 Å². The minimum atomic E-state index is -0.924. The highest BCUT2D eigenvalue weighted by Crippen LogP contribution is 2.32. The van der Waals surface area contributed by atoms with Crippen LogP contribution in [0.3, 0.4) is 0 Å². The van der Waals surface area contributed by atoms with Crippen molar-refractivity contribution in [1.82, 2.24) is 25.4 Å². The third kappa shape index (κ3) is 7.09. The Morgan fingerprint density at radius 2 is 1.92 bits per heavy atom. The minimum absolute atomic E-state index is 0.100. The van der Waals surface area contributed by atoms with Gasteiger partial charge in [0.1, 0.15) is 5.69 Å². The zero-order chi connectivity index (χ0) is 27.2. The Labute approximate surface area is 225 Å². The van der Waals surface area contributed by atoms with Crippen LogP contribution in [0.2, 0.25) is 0 Å². The quantitative estimate of drug-likeness (QED) is 0.257. The molecule has 0 aliphatic heterocycles. The van der Waals surface area contributed by atoms with Crippen molar-refractivity contribution in [2.45, 2.75) is 91.3 Å². The molecule has 0 radical (unpaired) electrons. The number of aliphatic hydroxyl groups is 1. The minimum Gasteiger partial charge on any atom is -0.437 e. The highest BCUT2D eigenvalue weighted by atomic mass is 16.5. The summed E-state index contributed by atoms with van der Waals surface area (Å²) in [5, 5.41) is 21.6. The van der Waals surface area contributed by atoms with Crippen LogP contribution in [0.4, 0.5) is 0 Å². The standard InChI is InChI=1S/C29H41N5O4/c1-6-23(7-2)32-28(36)26-17-30-29(38-26)22-10-8-9-21(15-22)24-16-25(27(35)31-19(5)20-11-12-20)34(33-24)13-14-37-18(3)4/h8-10,15-20,23,28,32,36H,6-7,11-14H2,1-5H3,(H,31,35)/t19-,28?/m0/s1. The fourth-order valence-electron chi connectivity index (χ4n) is 4.47. The molecule has 2 heterocycles. The number of aromatic nitrogens is 3. The molecule has 206 valence electrons. The number of hydrogen-bond donors (Lipinski definition) is 3. The third-order valence-corrected chi connectivity index (χ3v) is 7.03. The van der Waals surface area contributed by atoms with Gasteiger partial charge in [0.25, 0.3) is 5.91 Å². The van der Waals surface area contributed by atoms with Crippen molar-refractivity contribution in [2.75, 3.05) is 6.61 Å². The Morgan fingerprint density at radius 1 is 1.18 bits per heavy atom. The van der Waals surface area contributed by atoms with E-state index in [0.717, 1.165) is 36.8 Å². The smallest absolute Gasteiger partial charge is 0.269 e. The largest absolute Gasteiger partial charge is 0.437 e. The fourth-order valence-corrected chi connectivity index (χ4v) is 4.47. The van der Waals surface area contributed by atoms with Crippen molar-refractivity contribution < 1.29 is 19.1 Å². The van der Waals surface area contributed by atoms with Crippen LogP contribution in [0.5, 0.6) is 0 Å². The lowest BCUT2D eigenvalue weighted by Crippen LogP contribution is -2.35. The van der Waals surface area contributed by atoms with E-state index in [1.165, 1.54) is 0 Å². The molecule has 0 saturated heterocycles. The summed E-state index contributed by atoms with van der Waals surface area (Å²) in [4.78, 5) is 17.5. The second-order valence-corrected chi connectivity index (χ2v) is 10.4. The van der Waals surface area contributed by atoms with Gasteiger partial charge in [-0.05, 0) is 70.6 Å². The van der Waals surface area contributed by atoms with Gasteiger partial charge in [-0.25, -0.2) is 4.98 Å². The number of rotatable bonds is 14. The number of oxazole rings is 1. The average Bonchev–Trinajstić information content (AvgIpc) is 3.48. The summed E-state index contributed by atoms with van der Waals surface area (Å²) in [6, 6.07) is 9.85. The Bertz CT molecular complexity index is 1200. The lowest BCUT2D eigenvalue weighted by atomic mass is 10.1. The number of nitrogens with one attached hydrogen (secondary N) is 2. The summed E-state index contributed by atoms with van der Waals surface area (Å²) >= 11 is 0. The van der Waals surface area contributed by atoms with Gasteiger partial charge in [-0.15, -0.1) is 0 Å². The molecule has 3 N–H and O–H groups in total. The molecule has 1 amide bonds. The van der Waals surface area contributed by atoms with E-state index in [2.05, 4.69) is 36.4 Å². The van der Waals surface area contributed by atoms with E-state index in [1.54, 1.807) is 10.9 Å². The first kappa shape index (κ1) is 28.0.